The summed E-state index contributed by atoms with van der Waals surface area (Å²) in [5.74, 6) is 2.34. The van der Waals surface area contributed by atoms with E-state index >= 15 is 0 Å². The third kappa shape index (κ3) is 4.11. The van der Waals surface area contributed by atoms with Gasteiger partial charge in [0.25, 0.3) is 0 Å². The van der Waals surface area contributed by atoms with Crippen LogP contribution in [0.4, 0.5) is 5.69 Å². The Bertz CT molecular complexity index is 681. The van der Waals surface area contributed by atoms with Gasteiger partial charge in [-0.3, -0.25) is 4.79 Å². The quantitative estimate of drug-likeness (QED) is 0.668. The molecule has 0 spiro atoms. The smallest absolute Gasteiger partial charge is 0.248 e. The maximum absolute atomic E-state index is 11.8. The van der Waals surface area contributed by atoms with Gasteiger partial charge in [0.1, 0.15) is 0 Å². The summed E-state index contributed by atoms with van der Waals surface area (Å²) < 4.78 is 1.00. The maximum atomic E-state index is 11.8. The second-order valence-electron chi connectivity index (χ2n) is 4.10. The number of anilines is 1. The highest BCUT2D eigenvalue weighted by atomic mass is 79.9. The molecular formula is C17H12BrNO. The molecule has 0 fully saturated rings. The Morgan fingerprint density at radius 2 is 1.95 bits per heavy atom. The molecule has 2 aromatic carbocycles. The van der Waals surface area contributed by atoms with Crippen molar-refractivity contribution in [2.24, 2.45) is 0 Å². The fourth-order valence-electron chi connectivity index (χ4n) is 1.62. The molecular weight excluding hydrogens is 314 g/mol. The minimum atomic E-state index is -0.193. The monoisotopic (exact) mass is 325 g/mol. The van der Waals surface area contributed by atoms with Crippen LogP contribution in [0.5, 0.6) is 0 Å². The zero-order valence-corrected chi connectivity index (χ0v) is 12.2. The van der Waals surface area contributed by atoms with Gasteiger partial charge in [0.05, 0.1) is 0 Å². The summed E-state index contributed by atoms with van der Waals surface area (Å²) in [5.41, 5.74) is 2.38. The van der Waals surface area contributed by atoms with Crippen LogP contribution >= 0.6 is 15.9 Å². The van der Waals surface area contributed by atoms with Gasteiger partial charge in [-0.15, -0.1) is 6.42 Å². The maximum Gasteiger partial charge on any atom is 0.248 e. The Kier molecular flexibility index (Phi) is 4.75. The van der Waals surface area contributed by atoms with E-state index in [4.69, 9.17) is 6.42 Å². The highest BCUT2D eigenvalue weighted by Crippen LogP contribution is 2.12. The lowest BCUT2D eigenvalue weighted by molar-refractivity contribution is -0.111. The lowest BCUT2D eigenvalue weighted by atomic mass is 10.2. The van der Waals surface area contributed by atoms with Gasteiger partial charge in [-0.1, -0.05) is 40.0 Å². The summed E-state index contributed by atoms with van der Waals surface area (Å²) in [7, 11) is 0. The predicted octanol–water partition coefficient (Wildman–Crippen LogP) is 4.08. The molecule has 2 aromatic rings. The van der Waals surface area contributed by atoms with Gasteiger partial charge in [0, 0.05) is 21.8 Å². The number of rotatable bonds is 3. The molecule has 0 radical (unpaired) electrons. The third-order valence-corrected chi connectivity index (χ3v) is 3.12. The van der Waals surface area contributed by atoms with Crippen LogP contribution in [0.3, 0.4) is 0 Å². The number of hydrogen-bond acceptors (Lipinski definition) is 1. The molecule has 0 aliphatic heterocycles. The molecule has 0 aliphatic rings. The van der Waals surface area contributed by atoms with Crippen LogP contribution in [-0.2, 0) is 4.79 Å². The second-order valence-corrected chi connectivity index (χ2v) is 5.01. The number of terminal acetylenes is 1. The lowest BCUT2D eigenvalue weighted by Crippen LogP contribution is -2.07. The first-order chi connectivity index (χ1) is 9.67. The van der Waals surface area contributed by atoms with Gasteiger partial charge in [-0.2, -0.15) is 0 Å². The highest BCUT2D eigenvalue weighted by Gasteiger charge is 1.98. The molecule has 0 unspecified atom stereocenters. The van der Waals surface area contributed by atoms with Crippen LogP contribution in [0.25, 0.3) is 6.08 Å². The Morgan fingerprint density at radius 1 is 1.20 bits per heavy atom. The molecule has 2 nitrogen and oxygen atoms in total. The molecule has 20 heavy (non-hydrogen) atoms. The Balaban J connectivity index is 2.02. The third-order valence-electron chi connectivity index (χ3n) is 2.59. The minimum Gasteiger partial charge on any atom is -0.322 e. The summed E-state index contributed by atoms with van der Waals surface area (Å²) in [4.78, 5) is 11.8. The number of hydrogen-bond donors (Lipinski definition) is 1. The van der Waals surface area contributed by atoms with Crippen LogP contribution in [0.2, 0.25) is 0 Å². The van der Waals surface area contributed by atoms with Crippen molar-refractivity contribution >= 4 is 33.6 Å². The van der Waals surface area contributed by atoms with Gasteiger partial charge in [0.2, 0.25) is 5.91 Å². The van der Waals surface area contributed by atoms with Crippen molar-refractivity contribution in [1.82, 2.24) is 0 Å². The molecule has 2 rings (SSSR count). The summed E-state index contributed by atoms with van der Waals surface area (Å²) in [5, 5.41) is 2.77. The summed E-state index contributed by atoms with van der Waals surface area (Å²) in [6, 6.07) is 14.9. The first-order valence-corrected chi connectivity index (χ1v) is 6.78. The second kappa shape index (κ2) is 6.74. The molecule has 0 aliphatic carbocycles. The molecule has 0 atom stereocenters. The van der Waals surface area contributed by atoms with E-state index in [1.54, 1.807) is 18.2 Å². The van der Waals surface area contributed by atoms with Crippen LogP contribution in [-0.4, -0.2) is 5.91 Å². The zero-order chi connectivity index (χ0) is 14.4. The zero-order valence-electron chi connectivity index (χ0n) is 10.6. The van der Waals surface area contributed by atoms with E-state index in [1.807, 2.05) is 36.4 Å². The van der Waals surface area contributed by atoms with Crippen LogP contribution in [0.15, 0.2) is 59.1 Å². The van der Waals surface area contributed by atoms with Gasteiger partial charge >= 0.3 is 0 Å². The molecule has 1 N–H and O–H groups in total. The van der Waals surface area contributed by atoms with Gasteiger partial charge in [-0.05, 0) is 42.0 Å². The predicted molar refractivity (Wildman–Crippen MR) is 86.2 cm³/mol. The summed E-state index contributed by atoms with van der Waals surface area (Å²) in [6.07, 6.45) is 8.56. The van der Waals surface area contributed by atoms with Gasteiger partial charge in [0.15, 0.2) is 0 Å². The SMILES string of the molecule is C#Cc1cccc(NC(=O)/C=C/c2ccc(Br)cc2)c1. The van der Waals surface area contributed by atoms with Crippen molar-refractivity contribution in [2.75, 3.05) is 5.32 Å². The van der Waals surface area contributed by atoms with E-state index in [0.717, 1.165) is 15.6 Å². The van der Waals surface area contributed by atoms with Crippen LogP contribution in [0, 0.1) is 12.3 Å². The topological polar surface area (TPSA) is 29.1 Å². The number of carbonyl (C=O) groups is 1. The number of amides is 1. The molecule has 0 aromatic heterocycles. The Labute approximate surface area is 126 Å². The molecule has 3 heteroatoms. The first-order valence-electron chi connectivity index (χ1n) is 5.99. The standard InChI is InChI=1S/C17H12BrNO/c1-2-13-4-3-5-16(12-13)19-17(20)11-8-14-6-9-15(18)10-7-14/h1,3-12H,(H,19,20)/b11-8+. The minimum absolute atomic E-state index is 0.193. The van der Waals surface area contributed by atoms with E-state index in [0.29, 0.717) is 5.69 Å². The van der Waals surface area contributed by atoms with Crippen molar-refractivity contribution < 1.29 is 4.79 Å². The van der Waals surface area contributed by atoms with E-state index in [2.05, 4.69) is 27.2 Å². The average Bonchev–Trinajstić information content (AvgIpc) is 2.47. The van der Waals surface area contributed by atoms with Crippen molar-refractivity contribution in [3.8, 4) is 12.3 Å². The van der Waals surface area contributed by atoms with E-state index < -0.39 is 0 Å². The van der Waals surface area contributed by atoms with E-state index in [-0.39, 0.29) is 5.91 Å². The molecule has 0 heterocycles. The van der Waals surface area contributed by atoms with E-state index in [1.165, 1.54) is 6.08 Å². The van der Waals surface area contributed by atoms with Gasteiger partial charge < -0.3 is 5.32 Å². The Hall–Kier alpha value is -2.31. The first kappa shape index (κ1) is 14.1. The van der Waals surface area contributed by atoms with Gasteiger partial charge in [-0.25, -0.2) is 0 Å². The highest BCUT2D eigenvalue weighted by molar-refractivity contribution is 9.10. The molecule has 98 valence electrons. The number of nitrogens with one attached hydrogen (secondary N) is 1. The van der Waals surface area contributed by atoms with Crippen molar-refractivity contribution in [3.05, 3.63) is 70.2 Å². The summed E-state index contributed by atoms with van der Waals surface area (Å²) in [6.45, 7) is 0. The largest absolute Gasteiger partial charge is 0.322 e. The average molecular weight is 326 g/mol. The number of halogens is 1. The van der Waals surface area contributed by atoms with E-state index in [9.17, 15) is 4.79 Å². The molecule has 0 saturated carbocycles. The normalized spacial score (nSPS) is 10.2. The van der Waals surface area contributed by atoms with Crippen LogP contribution in [0.1, 0.15) is 11.1 Å². The van der Waals surface area contributed by atoms with Crippen molar-refractivity contribution in [2.45, 2.75) is 0 Å². The fraction of sp³-hybridized carbons (Fsp3) is 0. The van der Waals surface area contributed by atoms with Crippen molar-refractivity contribution in [3.63, 3.8) is 0 Å². The molecule has 0 bridgehead atoms. The lowest BCUT2D eigenvalue weighted by Gasteiger charge is -2.02. The summed E-state index contributed by atoms with van der Waals surface area (Å²) >= 11 is 3.36. The molecule has 1 amide bonds. The number of carbonyl (C=O) groups excluding carboxylic acids is 1. The molecule has 0 saturated heterocycles. The Morgan fingerprint density at radius 3 is 2.65 bits per heavy atom. The fourth-order valence-corrected chi connectivity index (χ4v) is 1.88. The van der Waals surface area contributed by atoms with Crippen LogP contribution < -0.4 is 5.32 Å². The van der Waals surface area contributed by atoms with Crippen molar-refractivity contribution in [1.29, 1.82) is 0 Å². The number of benzene rings is 2.